The summed E-state index contributed by atoms with van der Waals surface area (Å²) < 4.78 is 5.21. The van der Waals surface area contributed by atoms with E-state index in [1.807, 2.05) is 36.4 Å². The molecule has 1 heterocycles. The molecule has 0 aliphatic rings. The van der Waals surface area contributed by atoms with Crippen LogP contribution in [0.5, 0.6) is 0 Å². The Labute approximate surface area is 93.9 Å². The second kappa shape index (κ2) is 5.01. The quantitative estimate of drug-likeness (QED) is 0.858. The van der Waals surface area contributed by atoms with Gasteiger partial charge in [0.2, 0.25) is 0 Å². The zero-order valence-corrected chi connectivity index (χ0v) is 9.00. The molecule has 15 heavy (non-hydrogen) atoms. The third kappa shape index (κ3) is 2.85. The molecular formula is C12H12ClNO. The second-order valence-corrected chi connectivity index (χ2v) is 3.68. The predicted molar refractivity (Wildman–Crippen MR) is 60.7 cm³/mol. The standard InChI is InChI=1S/C12H12ClNO/c13-12-6-2-1-4-10(12)8-14-9-11-5-3-7-15-11/h1-7,14H,8-9H2. The number of benzene rings is 1. The summed E-state index contributed by atoms with van der Waals surface area (Å²) in [5.74, 6) is 0.932. The molecule has 0 radical (unpaired) electrons. The van der Waals surface area contributed by atoms with Crippen molar-refractivity contribution >= 4 is 11.6 Å². The first-order valence-electron chi connectivity index (χ1n) is 4.83. The largest absolute Gasteiger partial charge is 0.468 e. The van der Waals surface area contributed by atoms with Gasteiger partial charge in [-0.2, -0.15) is 0 Å². The van der Waals surface area contributed by atoms with Gasteiger partial charge in [-0.15, -0.1) is 0 Å². The van der Waals surface area contributed by atoms with Gasteiger partial charge in [-0.1, -0.05) is 29.8 Å². The van der Waals surface area contributed by atoms with Crippen LogP contribution in [-0.2, 0) is 13.1 Å². The molecule has 3 heteroatoms. The second-order valence-electron chi connectivity index (χ2n) is 3.27. The fourth-order valence-electron chi connectivity index (χ4n) is 1.38. The molecule has 0 aliphatic heterocycles. The summed E-state index contributed by atoms with van der Waals surface area (Å²) in [4.78, 5) is 0. The maximum absolute atomic E-state index is 6.02. The Morgan fingerprint density at radius 1 is 1.07 bits per heavy atom. The van der Waals surface area contributed by atoms with Gasteiger partial charge in [0, 0.05) is 11.6 Å². The SMILES string of the molecule is Clc1ccccc1CNCc1ccco1. The van der Waals surface area contributed by atoms with Crippen molar-refractivity contribution in [3.05, 3.63) is 59.0 Å². The smallest absolute Gasteiger partial charge is 0.117 e. The summed E-state index contributed by atoms with van der Waals surface area (Å²) in [6.45, 7) is 1.47. The molecule has 0 fully saturated rings. The van der Waals surface area contributed by atoms with E-state index in [-0.39, 0.29) is 0 Å². The van der Waals surface area contributed by atoms with E-state index in [1.54, 1.807) is 6.26 Å². The first kappa shape index (κ1) is 10.3. The van der Waals surface area contributed by atoms with Crippen LogP contribution in [0, 0.1) is 0 Å². The van der Waals surface area contributed by atoms with E-state index >= 15 is 0 Å². The van der Waals surface area contributed by atoms with Crippen LogP contribution in [0.25, 0.3) is 0 Å². The van der Waals surface area contributed by atoms with Crippen molar-refractivity contribution in [2.24, 2.45) is 0 Å². The molecule has 1 aromatic carbocycles. The molecule has 1 aromatic heterocycles. The number of rotatable bonds is 4. The number of halogens is 1. The minimum atomic E-state index is 0.720. The summed E-state index contributed by atoms with van der Waals surface area (Å²) >= 11 is 6.02. The van der Waals surface area contributed by atoms with E-state index in [2.05, 4.69) is 5.32 Å². The van der Waals surface area contributed by atoms with Crippen LogP contribution in [0.4, 0.5) is 0 Å². The van der Waals surface area contributed by atoms with Crippen LogP contribution in [0.1, 0.15) is 11.3 Å². The molecule has 0 unspecified atom stereocenters. The lowest BCUT2D eigenvalue weighted by Gasteiger charge is -2.04. The van der Waals surface area contributed by atoms with Crippen molar-refractivity contribution in [2.45, 2.75) is 13.1 Å². The topological polar surface area (TPSA) is 25.2 Å². The molecule has 0 saturated carbocycles. The molecule has 2 rings (SSSR count). The lowest BCUT2D eigenvalue weighted by atomic mass is 10.2. The molecule has 78 valence electrons. The Balaban J connectivity index is 1.86. The summed E-state index contributed by atoms with van der Waals surface area (Å²) in [6.07, 6.45) is 1.67. The van der Waals surface area contributed by atoms with Crippen molar-refractivity contribution < 1.29 is 4.42 Å². The van der Waals surface area contributed by atoms with Crippen molar-refractivity contribution in [1.29, 1.82) is 0 Å². The Hall–Kier alpha value is -1.25. The van der Waals surface area contributed by atoms with Crippen molar-refractivity contribution in [2.75, 3.05) is 0 Å². The van der Waals surface area contributed by atoms with E-state index in [9.17, 15) is 0 Å². The molecular weight excluding hydrogens is 210 g/mol. The van der Waals surface area contributed by atoms with Gasteiger partial charge in [-0.05, 0) is 23.8 Å². The van der Waals surface area contributed by atoms with Crippen LogP contribution in [0.3, 0.4) is 0 Å². The van der Waals surface area contributed by atoms with Crippen molar-refractivity contribution in [1.82, 2.24) is 5.32 Å². The molecule has 0 atom stereocenters. The number of furan rings is 1. The first-order valence-corrected chi connectivity index (χ1v) is 5.20. The normalized spacial score (nSPS) is 10.5. The third-order valence-electron chi connectivity index (χ3n) is 2.15. The van der Waals surface area contributed by atoms with Crippen LogP contribution in [-0.4, -0.2) is 0 Å². The summed E-state index contributed by atoms with van der Waals surface area (Å²) in [6, 6.07) is 11.6. The number of nitrogens with one attached hydrogen (secondary N) is 1. The zero-order valence-electron chi connectivity index (χ0n) is 8.24. The average molecular weight is 222 g/mol. The Bertz CT molecular complexity index is 411. The third-order valence-corrected chi connectivity index (χ3v) is 2.52. The van der Waals surface area contributed by atoms with E-state index in [0.29, 0.717) is 0 Å². The molecule has 0 aliphatic carbocycles. The van der Waals surface area contributed by atoms with Gasteiger partial charge in [-0.25, -0.2) is 0 Å². The van der Waals surface area contributed by atoms with Crippen LogP contribution < -0.4 is 5.32 Å². The van der Waals surface area contributed by atoms with Crippen LogP contribution >= 0.6 is 11.6 Å². The number of hydrogen-bond donors (Lipinski definition) is 1. The van der Waals surface area contributed by atoms with Gasteiger partial charge >= 0.3 is 0 Å². The first-order chi connectivity index (χ1) is 7.36. The summed E-state index contributed by atoms with van der Waals surface area (Å²) in [7, 11) is 0. The Morgan fingerprint density at radius 2 is 1.93 bits per heavy atom. The highest BCUT2D eigenvalue weighted by molar-refractivity contribution is 6.31. The Morgan fingerprint density at radius 3 is 2.67 bits per heavy atom. The molecule has 2 aromatic rings. The maximum Gasteiger partial charge on any atom is 0.117 e. The minimum Gasteiger partial charge on any atom is -0.468 e. The predicted octanol–water partition coefficient (Wildman–Crippen LogP) is 3.22. The molecule has 0 bridgehead atoms. The molecule has 0 spiro atoms. The fraction of sp³-hybridized carbons (Fsp3) is 0.167. The lowest BCUT2D eigenvalue weighted by molar-refractivity contribution is 0.483. The van der Waals surface area contributed by atoms with Gasteiger partial charge in [-0.3, -0.25) is 0 Å². The van der Waals surface area contributed by atoms with Crippen LogP contribution in [0.2, 0.25) is 5.02 Å². The van der Waals surface area contributed by atoms with Gasteiger partial charge in [0.05, 0.1) is 12.8 Å². The monoisotopic (exact) mass is 221 g/mol. The van der Waals surface area contributed by atoms with Gasteiger partial charge < -0.3 is 9.73 Å². The van der Waals surface area contributed by atoms with Crippen LogP contribution in [0.15, 0.2) is 47.1 Å². The maximum atomic E-state index is 6.02. The number of hydrogen-bond acceptors (Lipinski definition) is 2. The highest BCUT2D eigenvalue weighted by Crippen LogP contribution is 2.14. The Kier molecular flexibility index (Phi) is 3.43. The highest BCUT2D eigenvalue weighted by Gasteiger charge is 1.99. The van der Waals surface area contributed by atoms with Gasteiger partial charge in [0.1, 0.15) is 5.76 Å². The molecule has 0 amide bonds. The molecule has 0 saturated heterocycles. The summed E-state index contributed by atoms with van der Waals surface area (Å²) in [5, 5.41) is 4.06. The van der Waals surface area contributed by atoms with E-state index in [0.717, 1.165) is 29.4 Å². The average Bonchev–Trinajstić information content (AvgIpc) is 2.74. The summed E-state index contributed by atoms with van der Waals surface area (Å²) in [5.41, 5.74) is 1.10. The van der Waals surface area contributed by atoms with Gasteiger partial charge in [0.15, 0.2) is 0 Å². The highest BCUT2D eigenvalue weighted by atomic mass is 35.5. The van der Waals surface area contributed by atoms with E-state index < -0.39 is 0 Å². The van der Waals surface area contributed by atoms with E-state index in [4.69, 9.17) is 16.0 Å². The molecule has 1 N–H and O–H groups in total. The zero-order chi connectivity index (χ0) is 10.5. The molecule has 2 nitrogen and oxygen atoms in total. The van der Waals surface area contributed by atoms with E-state index in [1.165, 1.54) is 0 Å². The van der Waals surface area contributed by atoms with Crippen molar-refractivity contribution in [3.8, 4) is 0 Å². The lowest BCUT2D eigenvalue weighted by Crippen LogP contribution is -2.12. The minimum absolute atomic E-state index is 0.720. The van der Waals surface area contributed by atoms with Gasteiger partial charge in [0.25, 0.3) is 0 Å². The fourth-order valence-corrected chi connectivity index (χ4v) is 1.58. The van der Waals surface area contributed by atoms with Crippen molar-refractivity contribution in [3.63, 3.8) is 0 Å².